The lowest BCUT2D eigenvalue weighted by Gasteiger charge is -2.35. The lowest BCUT2D eigenvalue weighted by atomic mass is 9.94. The van der Waals surface area contributed by atoms with Gasteiger partial charge in [0.1, 0.15) is 12.1 Å². The zero-order chi connectivity index (χ0) is 31.4. The molecule has 3 amide bonds. The number of benzene rings is 1. The van der Waals surface area contributed by atoms with Crippen LogP contribution in [0.4, 0.5) is 0 Å². The summed E-state index contributed by atoms with van der Waals surface area (Å²) in [6.45, 7) is 11.6. The fourth-order valence-corrected chi connectivity index (χ4v) is 8.51. The lowest BCUT2D eigenvalue weighted by Crippen LogP contribution is -2.59. The average Bonchev–Trinajstić information content (AvgIpc) is 3.45. The Morgan fingerprint density at radius 2 is 1.86 bits per heavy atom. The molecule has 43 heavy (non-hydrogen) atoms. The molecular weight excluding hydrogens is 590 g/mol. The zero-order valence-electron chi connectivity index (χ0n) is 25.4. The number of fused-ring (bicyclic) bond motifs is 2. The van der Waals surface area contributed by atoms with Gasteiger partial charge in [0, 0.05) is 19.0 Å². The van der Waals surface area contributed by atoms with Crippen LogP contribution in [0.15, 0.2) is 24.3 Å². The summed E-state index contributed by atoms with van der Waals surface area (Å²) in [5.74, 6) is -2.32. The molecule has 0 spiro atoms. The van der Waals surface area contributed by atoms with E-state index in [1.54, 1.807) is 27.7 Å². The number of sulfonamides is 1. The van der Waals surface area contributed by atoms with Crippen molar-refractivity contribution in [2.24, 2.45) is 29.1 Å². The van der Waals surface area contributed by atoms with Crippen molar-refractivity contribution in [1.29, 1.82) is 0 Å². The van der Waals surface area contributed by atoms with Crippen LogP contribution in [0, 0.1) is 29.1 Å². The highest BCUT2D eigenvalue weighted by Crippen LogP contribution is 2.65. The van der Waals surface area contributed by atoms with Crippen molar-refractivity contribution in [3.63, 3.8) is 0 Å². The predicted molar refractivity (Wildman–Crippen MR) is 164 cm³/mol. The number of carbonyl (C=O) groups excluding carboxylic acids is 4. The number of thiazole rings is 1. The Morgan fingerprint density at radius 1 is 1.16 bits per heavy atom. The number of aromatic nitrogens is 1. The third-order valence-electron chi connectivity index (χ3n) is 9.43. The van der Waals surface area contributed by atoms with Crippen molar-refractivity contribution < 1.29 is 27.6 Å². The summed E-state index contributed by atoms with van der Waals surface area (Å²) in [6, 6.07) is 4.46. The largest absolute Gasteiger partial charge is 0.356 e. The summed E-state index contributed by atoms with van der Waals surface area (Å²) in [7, 11) is -3.76. The smallest absolute Gasteiger partial charge is 0.243 e. The van der Waals surface area contributed by atoms with Crippen LogP contribution >= 0.6 is 11.3 Å². The number of carbonyl (C=O) groups is 4. The van der Waals surface area contributed by atoms with Gasteiger partial charge in [-0.2, -0.15) is 0 Å². The van der Waals surface area contributed by atoms with E-state index in [0.29, 0.717) is 25.0 Å². The molecule has 1 aliphatic carbocycles. The molecule has 2 aromatic rings. The maximum absolute atomic E-state index is 14.1. The Bertz CT molecular complexity index is 1520. The van der Waals surface area contributed by atoms with Crippen molar-refractivity contribution >= 4 is 55.1 Å². The monoisotopic (exact) mass is 631 g/mol. The number of ketones is 1. The topological polar surface area (TPSA) is 155 Å². The van der Waals surface area contributed by atoms with E-state index in [4.69, 9.17) is 0 Å². The first-order chi connectivity index (χ1) is 20.1. The molecule has 3 unspecified atom stereocenters. The summed E-state index contributed by atoms with van der Waals surface area (Å²) in [5, 5.41) is 5.24. The quantitative estimate of drug-likeness (QED) is 0.322. The number of hydrogen-bond acceptors (Lipinski definition) is 8. The first kappa shape index (κ1) is 31.5. The van der Waals surface area contributed by atoms with E-state index in [9.17, 15) is 27.6 Å². The van der Waals surface area contributed by atoms with Crippen LogP contribution in [-0.2, 0) is 24.4 Å². The molecule has 13 heteroatoms. The summed E-state index contributed by atoms with van der Waals surface area (Å²) >= 11 is 1.24. The van der Waals surface area contributed by atoms with Crippen LogP contribution < -0.4 is 15.4 Å². The maximum Gasteiger partial charge on any atom is 0.243 e. The predicted octanol–water partition coefficient (Wildman–Crippen LogP) is 2.33. The van der Waals surface area contributed by atoms with Crippen molar-refractivity contribution in [3.05, 3.63) is 29.3 Å². The van der Waals surface area contributed by atoms with Gasteiger partial charge >= 0.3 is 0 Å². The summed E-state index contributed by atoms with van der Waals surface area (Å²) in [6.07, 6.45) is 0.670. The van der Waals surface area contributed by atoms with Crippen molar-refractivity contribution in [3.8, 4) is 0 Å². The normalized spacial score (nSPS) is 26.0. The molecule has 0 radical (unpaired) electrons. The van der Waals surface area contributed by atoms with Crippen molar-refractivity contribution in [1.82, 2.24) is 25.2 Å². The first-order valence-corrected chi connectivity index (χ1v) is 17.3. The Labute approximate surface area is 256 Å². The van der Waals surface area contributed by atoms with E-state index < -0.39 is 51.1 Å². The SMILES string of the molecule is CC(C)[C@@H](NS(=O)(=O)C(C)C)C(=O)N1CC2C(C1C(=O)N[C@@H](C[C@@H]1CCNC1=O)C(=O)c1nc3ccccc3s1)C2(C)C. The van der Waals surface area contributed by atoms with Crippen molar-refractivity contribution in [2.75, 3.05) is 13.1 Å². The van der Waals surface area contributed by atoms with Crippen LogP contribution in [0.3, 0.4) is 0 Å². The molecule has 1 aromatic heterocycles. The number of piperidine rings is 1. The number of hydrogen-bond donors (Lipinski definition) is 3. The summed E-state index contributed by atoms with van der Waals surface area (Å²) in [5.41, 5.74) is 0.486. The van der Waals surface area contributed by atoms with E-state index in [2.05, 4.69) is 34.2 Å². The van der Waals surface area contributed by atoms with Crippen LogP contribution in [0.5, 0.6) is 0 Å². The van der Waals surface area contributed by atoms with E-state index in [0.717, 1.165) is 4.70 Å². The minimum absolute atomic E-state index is 0.0701. The molecular formula is C30H41N5O6S2. The third-order valence-corrected chi connectivity index (χ3v) is 12.3. The minimum atomic E-state index is -3.76. The van der Waals surface area contributed by atoms with E-state index in [1.165, 1.54) is 16.2 Å². The minimum Gasteiger partial charge on any atom is -0.356 e. The van der Waals surface area contributed by atoms with Crippen molar-refractivity contribution in [2.45, 2.75) is 77.8 Å². The highest BCUT2D eigenvalue weighted by Gasteiger charge is 2.69. The number of nitrogens with one attached hydrogen (secondary N) is 3. The molecule has 3 heterocycles. The fraction of sp³-hybridized carbons (Fsp3) is 0.633. The van der Waals surface area contributed by atoms with Crippen LogP contribution in [0.1, 0.15) is 64.2 Å². The molecule has 3 N–H and O–H groups in total. The maximum atomic E-state index is 14.1. The number of rotatable bonds is 11. The number of likely N-dealkylation sites (tertiary alicyclic amines) is 1. The van der Waals surface area contributed by atoms with Gasteiger partial charge in [-0.1, -0.05) is 39.8 Å². The van der Waals surface area contributed by atoms with Gasteiger partial charge in [-0.05, 0) is 62.0 Å². The lowest BCUT2D eigenvalue weighted by molar-refractivity contribution is -0.142. The Balaban J connectivity index is 1.43. The van der Waals surface area contributed by atoms with Gasteiger partial charge in [-0.15, -0.1) is 11.3 Å². The molecule has 11 nitrogen and oxygen atoms in total. The second kappa shape index (κ2) is 11.6. The number of nitrogens with zero attached hydrogens (tertiary/aromatic N) is 2. The van der Waals surface area contributed by atoms with Gasteiger partial charge in [0.2, 0.25) is 33.5 Å². The molecule has 6 atom stereocenters. The molecule has 1 saturated carbocycles. The van der Waals surface area contributed by atoms with Gasteiger partial charge in [-0.25, -0.2) is 18.1 Å². The standard InChI is InChI=1S/C30H41N5O6S2/c1-15(2)23(34-43(40,41)16(3)4)29(39)35-14-18-22(30(18,5)6)24(35)27(38)32-20(13-17-11-12-31-26(17)37)25(36)28-33-19-9-7-8-10-21(19)42-28/h7-10,15-18,20,22-24,34H,11-14H2,1-6H3,(H,31,37)(H,32,38)/t17-,18?,20-,22?,23+,24?/m0/s1. The van der Waals surface area contributed by atoms with Crippen LogP contribution in [0.2, 0.25) is 0 Å². The molecule has 2 aliphatic heterocycles. The number of Topliss-reactive ketones (excluding diaryl/α,β-unsaturated/α-hetero) is 1. The third kappa shape index (κ3) is 5.95. The second-order valence-corrected chi connectivity index (χ2v) is 16.5. The fourth-order valence-electron chi connectivity index (χ4n) is 6.55. The van der Waals surface area contributed by atoms with Gasteiger partial charge < -0.3 is 15.5 Å². The van der Waals surface area contributed by atoms with Gasteiger partial charge in [0.15, 0.2) is 5.01 Å². The molecule has 5 rings (SSSR count). The average molecular weight is 632 g/mol. The Hall–Kier alpha value is -2.90. The van der Waals surface area contributed by atoms with Gasteiger partial charge in [0.25, 0.3) is 0 Å². The van der Waals surface area contributed by atoms with E-state index >= 15 is 0 Å². The highest BCUT2D eigenvalue weighted by molar-refractivity contribution is 7.90. The zero-order valence-corrected chi connectivity index (χ0v) is 27.1. The Kier molecular flexibility index (Phi) is 8.47. The molecule has 1 aromatic carbocycles. The molecule has 3 aliphatic rings. The first-order valence-electron chi connectivity index (χ1n) is 14.9. The Morgan fingerprint density at radius 3 is 2.47 bits per heavy atom. The molecule has 2 saturated heterocycles. The number of amides is 3. The second-order valence-electron chi connectivity index (χ2n) is 13.2. The molecule has 3 fully saturated rings. The van der Waals surface area contributed by atoms with Gasteiger partial charge in [0.05, 0.1) is 21.5 Å². The van der Waals surface area contributed by atoms with E-state index in [1.807, 2.05) is 24.3 Å². The molecule has 234 valence electrons. The van der Waals surface area contributed by atoms with Crippen LogP contribution in [-0.4, -0.2) is 78.3 Å². The summed E-state index contributed by atoms with van der Waals surface area (Å²) in [4.78, 5) is 60.4. The van der Waals surface area contributed by atoms with E-state index in [-0.39, 0.29) is 46.3 Å². The highest BCUT2D eigenvalue weighted by atomic mass is 32.2. The number of para-hydroxylation sites is 1. The van der Waals surface area contributed by atoms with Gasteiger partial charge in [-0.3, -0.25) is 19.2 Å². The molecule has 0 bridgehead atoms. The van der Waals surface area contributed by atoms with Crippen LogP contribution in [0.25, 0.3) is 10.2 Å². The summed E-state index contributed by atoms with van der Waals surface area (Å²) < 4.78 is 28.9.